The van der Waals surface area contributed by atoms with E-state index in [0.29, 0.717) is 12.3 Å². The van der Waals surface area contributed by atoms with E-state index in [4.69, 9.17) is 4.74 Å². The van der Waals surface area contributed by atoms with E-state index in [1.807, 2.05) is 11.7 Å². The van der Waals surface area contributed by atoms with Crippen LogP contribution in [0.3, 0.4) is 0 Å². The zero-order valence-corrected chi connectivity index (χ0v) is 26.7. The van der Waals surface area contributed by atoms with E-state index in [-0.39, 0.29) is 6.09 Å². The summed E-state index contributed by atoms with van der Waals surface area (Å²) in [5, 5.41) is 0. The van der Waals surface area contributed by atoms with Crippen LogP contribution in [0.4, 0.5) is 4.79 Å². The Morgan fingerprint density at radius 1 is 0.771 bits per heavy atom. The molecule has 0 radical (unpaired) electrons. The molecule has 8 heteroatoms. The Bertz CT molecular complexity index is 604. The molecule has 0 aliphatic carbocycles. The number of ether oxygens (including phenoxy) is 1. The summed E-state index contributed by atoms with van der Waals surface area (Å²) in [4.78, 5) is 22.2. The number of hydrogen-bond donors (Lipinski definition) is 0. The SMILES string of the molecule is CBr.CBr.CN(C)CCCCCCCCCCCCCN(C)Cc1ncccc1OC(=O)N(C)C. The third-order valence-electron chi connectivity index (χ3n) is 5.48. The fraction of sp³-hybridized carbons (Fsp3) is 0.778. The summed E-state index contributed by atoms with van der Waals surface area (Å²) in [5.74, 6) is 4.17. The summed E-state index contributed by atoms with van der Waals surface area (Å²) < 4.78 is 5.43. The number of rotatable bonds is 17. The van der Waals surface area contributed by atoms with Crippen LogP contribution in [0.5, 0.6) is 5.75 Å². The topological polar surface area (TPSA) is 48.9 Å². The lowest BCUT2D eigenvalue weighted by molar-refractivity contribution is 0.170. The van der Waals surface area contributed by atoms with Crippen molar-refractivity contribution < 1.29 is 9.53 Å². The van der Waals surface area contributed by atoms with Gasteiger partial charge >= 0.3 is 6.09 Å². The van der Waals surface area contributed by atoms with Crippen LogP contribution in [-0.4, -0.2) is 85.8 Å². The maximum absolute atomic E-state index is 11.8. The van der Waals surface area contributed by atoms with E-state index >= 15 is 0 Å². The molecule has 0 saturated carbocycles. The Morgan fingerprint density at radius 3 is 1.69 bits per heavy atom. The van der Waals surface area contributed by atoms with Gasteiger partial charge in [-0.2, -0.15) is 0 Å². The molecule has 206 valence electrons. The lowest BCUT2D eigenvalue weighted by Gasteiger charge is -2.18. The van der Waals surface area contributed by atoms with Gasteiger partial charge in [0.1, 0.15) is 0 Å². The molecule has 0 atom stereocenters. The van der Waals surface area contributed by atoms with Gasteiger partial charge in [0.05, 0.1) is 5.69 Å². The highest BCUT2D eigenvalue weighted by Gasteiger charge is 2.13. The van der Waals surface area contributed by atoms with Crippen molar-refractivity contribution in [2.75, 3.05) is 60.0 Å². The van der Waals surface area contributed by atoms with Crippen LogP contribution in [0.25, 0.3) is 0 Å². The highest BCUT2D eigenvalue weighted by atomic mass is 79.9. The molecule has 1 rings (SSSR count). The quantitative estimate of drug-likeness (QED) is 0.133. The smallest absolute Gasteiger partial charge is 0.408 e. The van der Waals surface area contributed by atoms with Crippen LogP contribution < -0.4 is 4.74 Å². The summed E-state index contributed by atoms with van der Waals surface area (Å²) in [6.07, 6.45) is 16.2. The van der Waals surface area contributed by atoms with Gasteiger partial charge in [0.25, 0.3) is 0 Å². The van der Waals surface area contributed by atoms with E-state index in [2.05, 4.69) is 67.8 Å². The van der Waals surface area contributed by atoms with Crippen molar-refractivity contribution >= 4 is 38.0 Å². The molecule has 0 aromatic carbocycles. The first-order chi connectivity index (χ1) is 16.9. The van der Waals surface area contributed by atoms with E-state index in [0.717, 1.165) is 12.2 Å². The van der Waals surface area contributed by atoms with Gasteiger partial charge in [-0.15, -0.1) is 0 Å². The highest BCUT2D eigenvalue weighted by Crippen LogP contribution is 2.18. The summed E-state index contributed by atoms with van der Waals surface area (Å²) in [6, 6.07) is 3.61. The number of carbonyl (C=O) groups is 1. The summed E-state index contributed by atoms with van der Waals surface area (Å²) in [7, 11) is 9.76. The lowest BCUT2D eigenvalue weighted by atomic mass is 10.1. The zero-order valence-electron chi connectivity index (χ0n) is 23.5. The number of nitrogens with zero attached hydrogens (tertiary/aromatic N) is 4. The molecule has 0 unspecified atom stereocenters. The van der Waals surface area contributed by atoms with Gasteiger partial charge in [-0.05, 0) is 70.9 Å². The van der Waals surface area contributed by atoms with Crippen LogP contribution in [0.2, 0.25) is 0 Å². The molecule has 0 bridgehead atoms. The number of aromatic nitrogens is 1. The Hall–Kier alpha value is -0.700. The fourth-order valence-electron chi connectivity index (χ4n) is 3.56. The van der Waals surface area contributed by atoms with Crippen molar-refractivity contribution in [3.8, 4) is 5.75 Å². The van der Waals surface area contributed by atoms with Crippen molar-refractivity contribution in [3.05, 3.63) is 24.0 Å². The lowest BCUT2D eigenvalue weighted by Crippen LogP contribution is -2.26. The number of amides is 1. The molecule has 1 aromatic heterocycles. The van der Waals surface area contributed by atoms with Gasteiger partial charge in [-0.1, -0.05) is 89.6 Å². The molecule has 0 saturated heterocycles. The normalized spacial score (nSPS) is 10.4. The van der Waals surface area contributed by atoms with E-state index in [9.17, 15) is 4.79 Å². The first-order valence-corrected chi connectivity index (χ1v) is 16.0. The Balaban J connectivity index is 0. The average molecular weight is 625 g/mol. The minimum absolute atomic E-state index is 0.374. The molecular formula is C27H52Br2N4O2. The summed E-state index contributed by atoms with van der Waals surface area (Å²) in [6.45, 7) is 2.94. The van der Waals surface area contributed by atoms with Crippen molar-refractivity contribution in [3.63, 3.8) is 0 Å². The van der Waals surface area contributed by atoms with Crippen LogP contribution in [-0.2, 0) is 6.54 Å². The minimum atomic E-state index is -0.374. The molecule has 1 heterocycles. The van der Waals surface area contributed by atoms with Crippen LogP contribution in [0, 0.1) is 0 Å². The Labute approximate surface area is 233 Å². The van der Waals surface area contributed by atoms with Crippen LogP contribution >= 0.6 is 31.9 Å². The van der Waals surface area contributed by atoms with Crippen LogP contribution in [0.1, 0.15) is 76.3 Å². The maximum Gasteiger partial charge on any atom is 0.414 e. The Kier molecular flexibility index (Phi) is 27.5. The molecule has 0 aliphatic heterocycles. The highest BCUT2D eigenvalue weighted by molar-refractivity contribution is 9.09. The molecule has 6 nitrogen and oxygen atoms in total. The average Bonchev–Trinajstić information content (AvgIpc) is 2.85. The third kappa shape index (κ3) is 22.2. The van der Waals surface area contributed by atoms with Gasteiger partial charge in [0.2, 0.25) is 0 Å². The second-order valence-electron chi connectivity index (χ2n) is 9.14. The van der Waals surface area contributed by atoms with Gasteiger partial charge in [0, 0.05) is 26.8 Å². The number of pyridine rings is 1. The third-order valence-corrected chi connectivity index (χ3v) is 5.48. The minimum Gasteiger partial charge on any atom is -0.408 e. The first kappa shape index (κ1) is 36.5. The molecular weight excluding hydrogens is 572 g/mol. The first-order valence-electron chi connectivity index (χ1n) is 12.8. The molecule has 35 heavy (non-hydrogen) atoms. The molecule has 0 spiro atoms. The van der Waals surface area contributed by atoms with Gasteiger partial charge in [-0.3, -0.25) is 4.98 Å². The predicted molar refractivity (Wildman–Crippen MR) is 159 cm³/mol. The van der Waals surface area contributed by atoms with Crippen molar-refractivity contribution in [2.45, 2.75) is 77.2 Å². The van der Waals surface area contributed by atoms with E-state index in [1.165, 1.54) is 82.1 Å². The number of carbonyl (C=O) groups excluding carboxylic acids is 1. The summed E-state index contributed by atoms with van der Waals surface area (Å²) in [5.41, 5.74) is 0.807. The Morgan fingerprint density at radius 2 is 1.23 bits per heavy atom. The number of alkyl halides is 2. The standard InChI is InChI=1S/C25H46N4O2.2CH3Br/c1-27(2)20-15-13-11-9-7-6-8-10-12-14-16-21-29(5)22-23-24(18-17-19-26-23)31-25(30)28(3)4;2*1-2/h17-19H,6-16,20-22H2,1-5H3;2*1H3. The predicted octanol–water partition coefficient (Wildman–Crippen LogP) is 7.45. The van der Waals surface area contributed by atoms with Crippen molar-refractivity contribution in [1.82, 2.24) is 19.7 Å². The summed E-state index contributed by atoms with van der Waals surface area (Å²) >= 11 is 5.88. The number of hydrogen-bond acceptors (Lipinski definition) is 5. The molecule has 0 aliphatic rings. The monoisotopic (exact) mass is 622 g/mol. The number of halogens is 2. The second-order valence-corrected chi connectivity index (χ2v) is 9.14. The van der Waals surface area contributed by atoms with Crippen molar-refractivity contribution in [2.24, 2.45) is 0 Å². The van der Waals surface area contributed by atoms with Gasteiger partial charge in [-0.25, -0.2) is 4.79 Å². The second kappa shape index (κ2) is 26.4. The van der Waals surface area contributed by atoms with E-state index in [1.54, 1.807) is 32.4 Å². The molecule has 0 N–H and O–H groups in total. The number of unbranched alkanes of at least 4 members (excludes halogenated alkanes) is 10. The van der Waals surface area contributed by atoms with Crippen LogP contribution in [0.15, 0.2) is 18.3 Å². The maximum atomic E-state index is 11.8. The molecule has 0 fully saturated rings. The fourth-order valence-corrected chi connectivity index (χ4v) is 3.56. The van der Waals surface area contributed by atoms with Gasteiger partial charge in [0.15, 0.2) is 5.75 Å². The molecule has 1 aromatic rings. The zero-order chi connectivity index (χ0) is 26.9. The molecule has 1 amide bonds. The van der Waals surface area contributed by atoms with Crippen molar-refractivity contribution in [1.29, 1.82) is 0 Å². The van der Waals surface area contributed by atoms with Gasteiger partial charge < -0.3 is 19.4 Å². The van der Waals surface area contributed by atoms with E-state index < -0.39 is 0 Å². The largest absolute Gasteiger partial charge is 0.414 e.